The van der Waals surface area contributed by atoms with Crippen LogP contribution in [0.2, 0.25) is 0 Å². The lowest BCUT2D eigenvalue weighted by Gasteiger charge is -2.06. The molecule has 0 saturated heterocycles. The zero-order valence-electron chi connectivity index (χ0n) is 13.9. The van der Waals surface area contributed by atoms with Gasteiger partial charge in [-0.2, -0.15) is 5.10 Å². The summed E-state index contributed by atoms with van der Waals surface area (Å²) in [6, 6.07) is 0. The van der Waals surface area contributed by atoms with Gasteiger partial charge in [-0.15, -0.1) is 11.3 Å². The maximum Gasteiger partial charge on any atom is 0.246 e. The number of fused-ring (bicyclic) bond motifs is 1. The number of amides is 1. The van der Waals surface area contributed by atoms with Crippen molar-refractivity contribution in [3.05, 3.63) is 21.2 Å². The Bertz CT molecular complexity index is 735. The minimum Gasteiger partial charge on any atom is -0.300 e. The fraction of sp³-hybridized carbons (Fsp3) is 0.625. The van der Waals surface area contributed by atoms with Crippen LogP contribution in [0.5, 0.6) is 0 Å². The number of nitrogens with zero attached hydrogens (tertiary/aromatic N) is 3. The van der Waals surface area contributed by atoms with Crippen molar-refractivity contribution < 1.29 is 4.79 Å². The number of rotatable bonds is 5. The average Bonchev–Trinajstić information content (AvgIpc) is 3.05. The molecule has 0 fully saturated rings. The molecule has 1 amide bonds. The number of aryl methyl sites for hydroxylation is 3. The van der Waals surface area contributed by atoms with Crippen LogP contribution in [-0.2, 0) is 30.6 Å². The Morgan fingerprint density at radius 2 is 2.12 bits per heavy atom. The number of H-pyrrole nitrogens is 1. The zero-order valence-corrected chi connectivity index (χ0v) is 15.6. The molecular weight excluding hydrogens is 342 g/mol. The van der Waals surface area contributed by atoms with Crippen LogP contribution in [0.3, 0.4) is 0 Å². The first-order chi connectivity index (χ1) is 11.7. The van der Waals surface area contributed by atoms with Crippen LogP contribution < -0.4 is 5.32 Å². The number of aromatic nitrogens is 4. The molecule has 2 heterocycles. The van der Waals surface area contributed by atoms with Gasteiger partial charge in [-0.25, -0.2) is 4.98 Å². The summed E-state index contributed by atoms with van der Waals surface area (Å²) < 4.78 is 2.25. The standard InChI is InChI=1S/C16H23N5OS2/c1-2-7-13-19-20-16(23)21(13)10-14(22)18-15-17-11-8-5-3-4-6-9-12(11)24-15/h2-10H2,1H3,(H,20,23)(H,17,18,22). The Kier molecular flexibility index (Phi) is 5.78. The Balaban J connectivity index is 1.68. The molecule has 0 radical (unpaired) electrons. The van der Waals surface area contributed by atoms with Crippen molar-refractivity contribution in [1.29, 1.82) is 0 Å². The molecule has 0 spiro atoms. The van der Waals surface area contributed by atoms with Gasteiger partial charge in [-0.05, 0) is 44.3 Å². The molecule has 0 atom stereocenters. The maximum atomic E-state index is 12.4. The lowest BCUT2D eigenvalue weighted by atomic mass is 10.0. The highest BCUT2D eigenvalue weighted by Gasteiger charge is 2.16. The number of carbonyl (C=O) groups is 1. The Morgan fingerprint density at radius 1 is 1.33 bits per heavy atom. The Labute approximate surface area is 150 Å². The number of hydrogen-bond acceptors (Lipinski definition) is 5. The SMILES string of the molecule is CCCc1n[nH]c(=S)n1CC(=O)Nc1nc2c(s1)CCCCCC2. The molecule has 8 heteroatoms. The van der Waals surface area contributed by atoms with Crippen LogP contribution in [0.4, 0.5) is 5.13 Å². The minimum atomic E-state index is -0.105. The smallest absolute Gasteiger partial charge is 0.246 e. The van der Waals surface area contributed by atoms with Crippen molar-refractivity contribution in [2.75, 3.05) is 5.32 Å². The third kappa shape index (κ3) is 4.10. The summed E-state index contributed by atoms with van der Waals surface area (Å²) in [5.74, 6) is 0.718. The first-order valence-electron chi connectivity index (χ1n) is 8.60. The quantitative estimate of drug-likeness (QED) is 0.793. The van der Waals surface area contributed by atoms with Crippen LogP contribution in [0.25, 0.3) is 0 Å². The lowest BCUT2D eigenvalue weighted by molar-refractivity contribution is -0.116. The summed E-state index contributed by atoms with van der Waals surface area (Å²) in [6.45, 7) is 2.25. The van der Waals surface area contributed by atoms with Crippen LogP contribution in [0, 0.1) is 4.77 Å². The fourth-order valence-corrected chi connectivity index (χ4v) is 4.27. The second-order valence-corrected chi connectivity index (χ2v) is 7.60. The molecule has 1 aliphatic rings. The predicted molar refractivity (Wildman–Crippen MR) is 98.0 cm³/mol. The van der Waals surface area contributed by atoms with E-state index in [2.05, 4.69) is 27.4 Å². The van der Waals surface area contributed by atoms with Gasteiger partial charge in [0, 0.05) is 11.3 Å². The molecular formula is C16H23N5OS2. The molecule has 6 nitrogen and oxygen atoms in total. The van der Waals surface area contributed by atoms with E-state index >= 15 is 0 Å². The van der Waals surface area contributed by atoms with Crippen molar-refractivity contribution in [2.24, 2.45) is 0 Å². The van der Waals surface area contributed by atoms with Gasteiger partial charge in [0.25, 0.3) is 0 Å². The normalized spacial score (nSPS) is 14.7. The minimum absolute atomic E-state index is 0.105. The largest absolute Gasteiger partial charge is 0.300 e. The second-order valence-electron chi connectivity index (χ2n) is 6.13. The number of hydrogen-bond donors (Lipinski definition) is 2. The fourth-order valence-electron chi connectivity index (χ4n) is 2.99. The summed E-state index contributed by atoms with van der Waals surface area (Å²) in [4.78, 5) is 18.3. The summed E-state index contributed by atoms with van der Waals surface area (Å²) >= 11 is 6.84. The monoisotopic (exact) mass is 365 g/mol. The van der Waals surface area contributed by atoms with E-state index in [9.17, 15) is 4.79 Å². The van der Waals surface area contributed by atoms with Gasteiger partial charge in [0.15, 0.2) is 9.90 Å². The highest BCUT2D eigenvalue weighted by Crippen LogP contribution is 2.28. The molecule has 0 aromatic carbocycles. The number of carbonyl (C=O) groups excluding carboxylic acids is 1. The van der Waals surface area contributed by atoms with Crippen LogP contribution in [0.1, 0.15) is 55.4 Å². The molecule has 2 N–H and O–H groups in total. The van der Waals surface area contributed by atoms with Crippen molar-refractivity contribution in [1.82, 2.24) is 19.7 Å². The van der Waals surface area contributed by atoms with Crippen molar-refractivity contribution in [2.45, 2.75) is 64.8 Å². The van der Waals surface area contributed by atoms with Gasteiger partial charge in [0.1, 0.15) is 12.4 Å². The van der Waals surface area contributed by atoms with Gasteiger partial charge in [-0.1, -0.05) is 19.8 Å². The van der Waals surface area contributed by atoms with Gasteiger partial charge in [-0.3, -0.25) is 14.5 Å². The Morgan fingerprint density at radius 3 is 2.92 bits per heavy atom. The van der Waals surface area contributed by atoms with Gasteiger partial charge < -0.3 is 5.32 Å². The predicted octanol–water partition coefficient (Wildman–Crippen LogP) is 3.65. The lowest BCUT2D eigenvalue weighted by Crippen LogP contribution is -2.20. The summed E-state index contributed by atoms with van der Waals surface area (Å²) in [5, 5.41) is 10.6. The first-order valence-corrected chi connectivity index (χ1v) is 9.82. The topological polar surface area (TPSA) is 75.6 Å². The molecule has 3 rings (SSSR count). The van der Waals surface area contributed by atoms with Gasteiger partial charge in [0.05, 0.1) is 5.69 Å². The van der Waals surface area contributed by atoms with E-state index in [0.29, 0.717) is 9.90 Å². The molecule has 0 saturated carbocycles. The molecule has 2 aromatic heterocycles. The number of anilines is 1. The Hall–Kier alpha value is -1.54. The second kappa shape index (κ2) is 8.02. The molecule has 0 bridgehead atoms. The first kappa shape index (κ1) is 17.3. The molecule has 2 aromatic rings. The van der Waals surface area contributed by atoms with E-state index in [4.69, 9.17) is 12.2 Å². The summed E-state index contributed by atoms with van der Waals surface area (Å²) in [6.07, 6.45) is 8.83. The van der Waals surface area contributed by atoms with Gasteiger partial charge >= 0.3 is 0 Å². The number of aromatic amines is 1. The van der Waals surface area contributed by atoms with E-state index in [0.717, 1.165) is 31.5 Å². The van der Waals surface area contributed by atoms with E-state index in [1.165, 1.54) is 36.3 Å². The van der Waals surface area contributed by atoms with Crippen molar-refractivity contribution in [3.8, 4) is 0 Å². The van der Waals surface area contributed by atoms with Crippen LogP contribution in [-0.4, -0.2) is 25.7 Å². The highest BCUT2D eigenvalue weighted by atomic mass is 32.1. The van der Waals surface area contributed by atoms with Gasteiger partial charge in [0.2, 0.25) is 5.91 Å². The third-order valence-corrected chi connectivity index (χ3v) is 5.59. The average molecular weight is 366 g/mol. The van der Waals surface area contributed by atoms with E-state index in [1.54, 1.807) is 15.9 Å². The summed E-state index contributed by atoms with van der Waals surface area (Å²) in [5.41, 5.74) is 1.17. The number of thiazole rings is 1. The van der Waals surface area contributed by atoms with E-state index in [1.807, 2.05) is 0 Å². The highest BCUT2D eigenvalue weighted by molar-refractivity contribution is 7.71. The maximum absolute atomic E-state index is 12.4. The number of nitrogens with one attached hydrogen (secondary N) is 2. The van der Waals surface area contributed by atoms with Crippen molar-refractivity contribution >= 4 is 34.6 Å². The summed E-state index contributed by atoms with van der Waals surface area (Å²) in [7, 11) is 0. The third-order valence-electron chi connectivity index (χ3n) is 4.20. The van der Waals surface area contributed by atoms with Crippen molar-refractivity contribution in [3.63, 3.8) is 0 Å². The molecule has 130 valence electrons. The molecule has 0 unspecified atom stereocenters. The molecule has 0 aliphatic heterocycles. The molecule has 1 aliphatic carbocycles. The van der Waals surface area contributed by atoms with Crippen LogP contribution in [0.15, 0.2) is 0 Å². The van der Waals surface area contributed by atoms with E-state index < -0.39 is 0 Å². The van der Waals surface area contributed by atoms with Crippen LogP contribution >= 0.6 is 23.6 Å². The van der Waals surface area contributed by atoms with E-state index in [-0.39, 0.29) is 12.5 Å². The molecule has 24 heavy (non-hydrogen) atoms. The zero-order chi connectivity index (χ0) is 16.9.